The third kappa shape index (κ3) is 8.16. The highest BCUT2D eigenvalue weighted by molar-refractivity contribution is 7.00. The van der Waals surface area contributed by atoms with E-state index in [1.165, 1.54) is 33.5 Å². The lowest BCUT2D eigenvalue weighted by atomic mass is 9.89. The van der Waals surface area contributed by atoms with Crippen molar-refractivity contribution < 1.29 is 28.4 Å². The van der Waals surface area contributed by atoms with Crippen LogP contribution in [0.3, 0.4) is 0 Å². The topological polar surface area (TPSA) is 78.9 Å². The van der Waals surface area contributed by atoms with Crippen LogP contribution >= 0.6 is 9.12 Å². The number of ether oxygens (including phenoxy) is 3. The number of hydrogen-bond acceptors (Lipinski definition) is 6. The molecule has 0 aliphatic heterocycles. The fourth-order valence-corrected chi connectivity index (χ4v) is 3.42. The van der Waals surface area contributed by atoms with Gasteiger partial charge in [-0.15, -0.1) is 0 Å². The second-order valence-electron chi connectivity index (χ2n) is 7.18. The zero-order chi connectivity index (χ0) is 23.8. The molecule has 6 nitrogen and oxygen atoms in total. The molecule has 0 spiro atoms. The van der Waals surface area contributed by atoms with Crippen LogP contribution in [0.4, 0.5) is 0 Å². The van der Waals surface area contributed by atoms with E-state index in [0.29, 0.717) is 32.8 Å². The number of methoxy groups -OCH3 is 2. The molecule has 2 atom stereocenters. The Morgan fingerprint density at radius 2 is 1.38 bits per heavy atom. The van der Waals surface area contributed by atoms with Crippen LogP contribution in [-0.4, -0.2) is 32.6 Å². The van der Waals surface area contributed by atoms with Gasteiger partial charge in [0.1, 0.15) is 23.0 Å². The van der Waals surface area contributed by atoms with Gasteiger partial charge in [0.25, 0.3) is 0 Å². The normalized spacial score (nSPS) is 11.1. The molecule has 32 heavy (non-hydrogen) atoms. The van der Waals surface area contributed by atoms with E-state index in [4.69, 9.17) is 18.8 Å². The Kier molecular flexibility index (Phi) is 13.8. The number of hydrogen-bond donors (Lipinski definition) is 0. The van der Waals surface area contributed by atoms with E-state index >= 15 is 0 Å². The molecule has 2 rings (SSSR count). The molecule has 0 N–H and O–H groups in total. The molecule has 2 unspecified atom stereocenters. The van der Waals surface area contributed by atoms with Crippen molar-refractivity contribution in [2.24, 2.45) is 0 Å². The molecule has 0 aliphatic rings. The van der Waals surface area contributed by atoms with Crippen LogP contribution in [0.1, 0.15) is 67.3 Å². The van der Waals surface area contributed by atoms with E-state index in [2.05, 4.69) is 6.92 Å². The highest BCUT2D eigenvalue weighted by Crippen LogP contribution is 2.34. The van der Waals surface area contributed by atoms with Crippen LogP contribution in [-0.2, 0) is 14.1 Å². The summed E-state index contributed by atoms with van der Waals surface area (Å²) in [6, 6.07) is 14.1. The van der Waals surface area contributed by atoms with Gasteiger partial charge in [0.2, 0.25) is 0 Å². The Balaban J connectivity index is 0.00000249. The lowest BCUT2D eigenvalue weighted by molar-refractivity contribution is -0.144. The van der Waals surface area contributed by atoms with Crippen LogP contribution in [0.15, 0.2) is 48.5 Å². The Bertz CT molecular complexity index is 802. The highest BCUT2D eigenvalue weighted by atomic mass is 31.0. The van der Waals surface area contributed by atoms with E-state index < -0.39 is 17.7 Å². The van der Waals surface area contributed by atoms with Crippen molar-refractivity contribution in [1.82, 2.24) is 0 Å². The number of unbranched alkanes of at least 4 members (excludes halogenated alkanes) is 5. The molecule has 0 fully saturated rings. The number of ketones is 1. The fourth-order valence-electron chi connectivity index (χ4n) is 3.42. The maximum Gasteiger partial charge on any atom is 0.321 e. The minimum Gasteiger partial charge on any atom is -0.496 e. The summed E-state index contributed by atoms with van der Waals surface area (Å²) in [5, 5.41) is 0. The summed E-state index contributed by atoms with van der Waals surface area (Å²) in [5.41, 5.74) is 0.830. The maximum atomic E-state index is 13.5. The summed E-state index contributed by atoms with van der Waals surface area (Å²) in [7, 11) is 3.58. The first-order valence-electron chi connectivity index (χ1n) is 10.9. The Hall–Kier alpha value is -2.59. The molecule has 0 saturated heterocycles. The zero-order valence-corrected chi connectivity index (χ0v) is 20.7. The van der Waals surface area contributed by atoms with Crippen molar-refractivity contribution in [2.45, 2.75) is 51.4 Å². The van der Waals surface area contributed by atoms with Crippen LogP contribution in [0, 0.1) is 0 Å². The van der Waals surface area contributed by atoms with Gasteiger partial charge in [0.15, 0.2) is 5.78 Å². The molecular weight excluding hydrogens is 427 g/mol. The van der Waals surface area contributed by atoms with Crippen molar-refractivity contribution in [2.75, 3.05) is 20.8 Å². The van der Waals surface area contributed by atoms with E-state index in [9.17, 15) is 9.59 Å². The van der Waals surface area contributed by atoms with E-state index in [0.717, 1.165) is 19.3 Å². The molecule has 2 aromatic rings. The highest BCUT2D eigenvalue weighted by Gasteiger charge is 2.34. The van der Waals surface area contributed by atoms with E-state index in [1.54, 1.807) is 42.5 Å². The Morgan fingerprint density at radius 1 is 0.812 bits per heavy atom. The van der Waals surface area contributed by atoms with Gasteiger partial charge in [-0.1, -0.05) is 75.4 Å². The summed E-state index contributed by atoms with van der Waals surface area (Å²) in [5.74, 6) is -1.29. The predicted molar refractivity (Wildman–Crippen MR) is 129 cm³/mol. The summed E-state index contributed by atoms with van der Waals surface area (Å²) < 4.78 is 24.5. The predicted octanol–water partition coefficient (Wildman–Crippen LogP) is 5.51. The summed E-state index contributed by atoms with van der Waals surface area (Å²) in [6.07, 6.45) is 6.56. The standard InChI is InChI=1S/C25H32O5.H3OP/c1-4-5-6-7-8-12-18-30-25(27)22(19-14-10-9-11-15-19)24(26)23-20(28-2)16-13-17-21(23)29-3;1-2/h9-11,13-17,22H,4-8,12,18H2,1-3H3;2H3. The quantitative estimate of drug-likeness (QED) is 0.128. The molecule has 0 bridgehead atoms. The van der Waals surface area contributed by atoms with Crippen molar-refractivity contribution >= 4 is 20.9 Å². The van der Waals surface area contributed by atoms with Gasteiger partial charge in [0.05, 0.1) is 29.9 Å². The molecule has 0 heterocycles. The third-order valence-corrected chi connectivity index (χ3v) is 5.05. The van der Waals surface area contributed by atoms with E-state index in [1.807, 2.05) is 6.07 Å². The van der Waals surface area contributed by atoms with Crippen LogP contribution < -0.4 is 9.47 Å². The van der Waals surface area contributed by atoms with Gasteiger partial charge < -0.3 is 18.8 Å². The number of rotatable bonds is 13. The van der Waals surface area contributed by atoms with Crippen molar-refractivity contribution in [3.63, 3.8) is 0 Å². The van der Waals surface area contributed by atoms with Gasteiger partial charge in [-0.25, -0.2) is 0 Å². The summed E-state index contributed by atoms with van der Waals surface area (Å²) >= 11 is 0. The largest absolute Gasteiger partial charge is 0.496 e. The molecule has 176 valence electrons. The van der Waals surface area contributed by atoms with Gasteiger partial charge in [0, 0.05) is 0 Å². The minimum absolute atomic E-state index is 0.243. The Morgan fingerprint density at radius 3 is 1.94 bits per heavy atom. The summed E-state index contributed by atoms with van der Waals surface area (Å²) in [4.78, 5) is 26.5. The molecule has 7 heteroatoms. The van der Waals surface area contributed by atoms with Gasteiger partial charge in [-0.2, -0.15) is 0 Å². The van der Waals surface area contributed by atoms with Crippen LogP contribution in [0.5, 0.6) is 11.5 Å². The van der Waals surface area contributed by atoms with Crippen molar-refractivity contribution in [3.05, 3.63) is 59.7 Å². The lowest BCUT2D eigenvalue weighted by Crippen LogP contribution is -2.25. The first kappa shape index (κ1) is 27.4. The number of carbonyl (C=O) groups is 2. The second kappa shape index (κ2) is 16.1. The van der Waals surface area contributed by atoms with Crippen LogP contribution in [0.2, 0.25) is 0 Å². The maximum absolute atomic E-state index is 13.5. The molecule has 0 aromatic heterocycles. The molecular formula is C25H35O6P. The number of Topliss-reactive ketones (excluding diaryl/α,β-unsaturated/α-hetero) is 1. The number of benzene rings is 2. The van der Waals surface area contributed by atoms with Crippen LogP contribution in [0.25, 0.3) is 0 Å². The first-order valence-corrected chi connectivity index (χ1v) is 11.5. The lowest BCUT2D eigenvalue weighted by Gasteiger charge is -2.19. The molecule has 2 aromatic carbocycles. The van der Waals surface area contributed by atoms with E-state index in [-0.39, 0.29) is 5.56 Å². The minimum atomic E-state index is -1.07. The molecule has 0 saturated carbocycles. The molecule has 0 radical (unpaired) electrons. The van der Waals surface area contributed by atoms with Crippen molar-refractivity contribution in [3.8, 4) is 11.5 Å². The first-order chi connectivity index (χ1) is 15.6. The average molecular weight is 463 g/mol. The Labute approximate surface area is 192 Å². The fraction of sp³-hybridized carbons (Fsp3) is 0.440. The number of esters is 1. The third-order valence-electron chi connectivity index (χ3n) is 5.05. The monoisotopic (exact) mass is 462 g/mol. The van der Waals surface area contributed by atoms with Gasteiger partial charge >= 0.3 is 5.97 Å². The SMILES string of the molecule is CCCCCCCCOC(=O)C(C(=O)c1c(OC)cccc1OC)c1ccccc1.O=[PH3]. The average Bonchev–Trinajstić information content (AvgIpc) is 2.84. The smallest absolute Gasteiger partial charge is 0.321 e. The second-order valence-corrected chi connectivity index (χ2v) is 7.18. The summed E-state index contributed by atoms with van der Waals surface area (Å²) in [6.45, 7) is 2.49. The van der Waals surface area contributed by atoms with Gasteiger partial charge in [-0.05, 0) is 24.1 Å². The van der Waals surface area contributed by atoms with Gasteiger partial charge in [-0.3, -0.25) is 9.59 Å². The molecule has 0 amide bonds. The zero-order valence-electron chi connectivity index (χ0n) is 19.3. The molecule has 0 aliphatic carbocycles. The van der Waals surface area contributed by atoms with Crippen molar-refractivity contribution in [1.29, 1.82) is 0 Å². The number of carbonyl (C=O) groups excluding carboxylic acids is 2.